The van der Waals surface area contributed by atoms with Gasteiger partial charge in [0.05, 0.1) is 12.5 Å². The standard InChI is InChI=1S/C16H17N7O/c1-2-8-18-16(24)11-6-7-13(19-10-11)15-22-20-14(21-23-15)12-5-3-4-9-17-12/h3-7,9,11H,2,8,10H2,1H3,(H,18,24). The van der Waals surface area contributed by atoms with Crippen molar-refractivity contribution in [2.75, 3.05) is 13.1 Å². The van der Waals surface area contributed by atoms with E-state index in [1.807, 2.05) is 25.1 Å². The highest BCUT2D eigenvalue weighted by molar-refractivity contribution is 6.07. The quantitative estimate of drug-likeness (QED) is 0.873. The molecule has 1 aliphatic heterocycles. The molecule has 0 spiro atoms. The summed E-state index contributed by atoms with van der Waals surface area (Å²) in [4.78, 5) is 20.4. The van der Waals surface area contributed by atoms with Crippen LogP contribution in [0.15, 0.2) is 41.5 Å². The van der Waals surface area contributed by atoms with Gasteiger partial charge in [-0.25, -0.2) is 0 Å². The molecule has 24 heavy (non-hydrogen) atoms. The van der Waals surface area contributed by atoms with Crippen molar-refractivity contribution in [1.82, 2.24) is 30.7 Å². The van der Waals surface area contributed by atoms with Crippen LogP contribution in [0.25, 0.3) is 11.5 Å². The van der Waals surface area contributed by atoms with Crippen LogP contribution in [-0.2, 0) is 4.79 Å². The Morgan fingerprint density at radius 3 is 2.62 bits per heavy atom. The van der Waals surface area contributed by atoms with E-state index in [1.54, 1.807) is 18.3 Å². The molecule has 1 atom stereocenters. The number of nitrogens with zero attached hydrogens (tertiary/aromatic N) is 6. The van der Waals surface area contributed by atoms with Gasteiger partial charge in [-0.15, -0.1) is 20.4 Å². The van der Waals surface area contributed by atoms with Gasteiger partial charge in [0.2, 0.25) is 17.6 Å². The van der Waals surface area contributed by atoms with Crippen molar-refractivity contribution in [2.24, 2.45) is 10.9 Å². The zero-order valence-corrected chi connectivity index (χ0v) is 13.3. The molecule has 1 N–H and O–H groups in total. The van der Waals surface area contributed by atoms with Crippen molar-refractivity contribution in [1.29, 1.82) is 0 Å². The van der Waals surface area contributed by atoms with Crippen molar-refractivity contribution in [3.63, 3.8) is 0 Å². The lowest BCUT2D eigenvalue weighted by molar-refractivity contribution is -0.123. The van der Waals surface area contributed by atoms with Gasteiger partial charge in [0, 0.05) is 12.7 Å². The van der Waals surface area contributed by atoms with Gasteiger partial charge >= 0.3 is 0 Å². The number of carbonyl (C=O) groups is 1. The summed E-state index contributed by atoms with van der Waals surface area (Å²) in [5.74, 6) is 0.419. The number of rotatable bonds is 5. The Hall–Kier alpha value is -3.03. The molecule has 8 heteroatoms. The maximum atomic E-state index is 11.9. The van der Waals surface area contributed by atoms with Gasteiger partial charge in [-0.3, -0.25) is 14.8 Å². The van der Waals surface area contributed by atoms with Gasteiger partial charge in [0.25, 0.3) is 0 Å². The fraction of sp³-hybridized carbons (Fsp3) is 0.312. The summed E-state index contributed by atoms with van der Waals surface area (Å²) < 4.78 is 0. The molecular weight excluding hydrogens is 306 g/mol. The summed E-state index contributed by atoms with van der Waals surface area (Å²) in [6.07, 6.45) is 6.11. The molecule has 2 aromatic heterocycles. The molecule has 3 heterocycles. The lowest BCUT2D eigenvalue weighted by atomic mass is 10.0. The third-order valence-electron chi connectivity index (χ3n) is 3.43. The van der Waals surface area contributed by atoms with E-state index in [0.29, 0.717) is 36.1 Å². The van der Waals surface area contributed by atoms with Crippen LogP contribution in [-0.4, -0.2) is 50.1 Å². The Morgan fingerprint density at radius 1 is 1.21 bits per heavy atom. The van der Waals surface area contributed by atoms with Gasteiger partial charge in [-0.1, -0.05) is 19.1 Å². The summed E-state index contributed by atoms with van der Waals surface area (Å²) in [5, 5.41) is 19.0. The largest absolute Gasteiger partial charge is 0.356 e. The van der Waals surface area contributed by atoms with Crippen molar-refractivity contribution in [2.45, 2.75) is 13.3 Å². The highest BCUT2D eigenvalue weighted by Gasteiger charge is 2.19. The molecule has 0 bridgehead atoms. The fourth-order valence-corrected chi connectivity index (χ4v) is 2.14. The third kappa shape index (κ3) is 3.65. The molecule has 0 saturated heterocycles. The number of amides is 1. The second-order valence-electron chi connectivity index (χ2n) is 5.24. The number of nitrogens with one attached hydrogen (secondary N) is 1. The van der Waals surface area contributed by atoms with Crippen molar-refractivity contribution < 1.29 is 4.79 Å². The average Bonchev–Trinajstić information content (AvgIpc) is 2.67. The number of hydrogen-bond acceptors (Lipinski definition) is 7. The molecule has 0 fully saturated rings. The SMILES string of the molecule is CCCNC(=O)C1C=CC(c2nnc(-c3ccccn3)nn2)=NC1. The van der Waals surface area contributed by atoms with Crippen LogP contribution in [0.1, 0.15) is 19.2 Å². The molecule has 0 aliphatic carbocycles. The maximum absolute atomic E-state index is 11.9. The first-order valence-corrected chi connectivity index (χ1v) is 7.77. The van der Waals surface area contributed by atoms with Gasteiger partial charge in [0.15, 0.2) is 0 Å². The molecule has 1 unspecified atom stereocenters. The van der Waals surface area contributed by atoms with Gasteiger partial charge in [-0.05, 0) is 24.6 Å². The fourth-order valence-electron chi connectivity index (χ4n) is 2.14. The first-order chi connectivity index (χ1) is 11.8. The lowest BCUT2D eigenvalue weighted by Gasteiger charge is -2.14. The third-order valence-corrected chi connectivity index (χ3v) is 3.43. The number of hydrogen-bond donors (Lipinski definition) is 1. The van der Waals surface area contributed by atoms with E-state index >= 15 is 0 Å². The van der Waals surface area contributed by atoms with Crippen LogP contribution in [0, 0.1) is 5.92 Å². The minimum absolute atomic E-state index is 0.0152. The molecule has 0 radical (unpaired) electrons. The monoisotopic (exact) mass is 323 g/mol. The highest BCUT2D eigenvalue weighted by Crippen LogP contribution is 2.11. The smallest absolute Gasteiger partial charge is 0.228 e. The van der Waals surface area contributed by atoms with Gasteiger partial charge < -0.3 is 5.32 Å². The zero-order chi connectivity index (χ0) is 16.8. The lowest BCUT2D eigenvalue weighted by Crippen LogP contribution is -2.33. The van der Waals surface area contributed by atoms with Crippen LogP contribution in [0.5, 0.6) is 0 Å². The molecule has 3 rings (SSSR count). The number of dihydropyridines is 1. The Bertz CT molecular complexity index is 756. The second kappa shape index (κ2) is 7.49. The minimum atomic E-state index is -0.256. The predicted molar refractivity (Wildman–Crippen MR) is 88.2 cm³/mol. The second-order valence-corrected chi connectivity index (χ2v) is 5.24. The summed E-state index contributed by atoms with van der Waals surface area (Å²) in [6, 6.07) is 5.44. The summed E-state index contributed by atoms with van der Waals surface area (Å²) in [7, 11) is 0. The number of aliphatic imine (C=N–C) groups is 1. The van der Waals surface area contributed by atoms with Gasteiger partial charge in [0.1, 0.15) is 11.4 Å². The summed E-state index contributed by atoms with van der Waals surface area (Å²) in [5.41, 5.74) is 1.18. The maximum Gasteiger partial charge on any atom is 0.228 e. The van der Waals surface area contributed by atoms with Crippen molar-refractivity contribution in [3.05, 3.63) is 42.4 Å². The Balaban J connectivity index is 1.67. The van der Waals surface area contributed by atoms with Crippen LogP contribution in [0.2, 0.25) is 0 Å². The normalized spacial score (nSPS) is 16.5. The number of carbonyl (C=O) groups excluding carboxylic acids is 1. The molecule has 0 saturated carbocycles. The molecule has 2 aromatic rings. The van der Waals surface area contributed by atoms with E-state index in [2.05, 4.69) is 35.7 Å². The Kier molecular flexibility index (Phi) is 4.95. The first kappa shape index (κ1) is 15.9. The van der Waals surface area contributed by atoms with Gasteiger partial charge in [-0.2, -0.15) is 0 Å². The molecule has 1 aliphatic rings. The van der Waals surface area contributed by atoms with Crippen molar-refractivity contribution in [3.8, 4) is 11.5 Å². The molecule has 0 aromatic carbocycles. The molecule has 8 nitrogen and oxygen atoms in total. The first-order valence-electron chi connectivity index (χ1n) is 7.77. The summed E-state index contributed by atoms with van der Waals surface area (Å²) >= 11 is 0. The number of pyridine rings is 1. The average molecular weight is 323 g/mol. The Labute approximate surface area is 139 Å². The van der Waals surface area contributed by atoms with Crippen LogP contribution in [0.4, 0.5) is 0 Å². The zero-order valence-electron chi connectivity index (χ0n) is 13.3. The molecule has 1 amide bonds. The van der Waals surface area contributed by atoms with E-state index < -0.39 is 0 Å². The Morgan fingerprint density at radius 2 is 2.00 bits per heavy atom. The molecule has 122 valence electrons. The minimum Gasteiger partial charge on any atom is -0.356 e. The van der Waals surface area contributed by atoms with Crippen molar-refractivity contribution >= 4 is 11.6 Å². The van der Waals surface area contributed by atoms with E-state index in [0.717, 1.165) is 6.42 Å². The van der Waals surface area contributed by atoms with E-state index in [-0.39, 0.29) is 11.8 Å². The number of allylic oxidation sites excluding steroid dienone is 1. The van der Waals surface area contributed by atoms with E-state index in [4.69, 9.17) is 0 Å². The summed E-state index contributed by atoms with van der Waals surface area (Å²) in [6.45, 7) is 3.05. The van der Waals surface area contributed by atoms with Crippen LogP contribution in [0.3, 0.4) is 0 Å². The van der Waals surface area contributed by atoms with Crippen LogP contribution < -0.4 is 5.32 Å². The predicted octanol–water partition coefficient (Wildman–Crippen LogP) is 0.830. The van der Waals surface area contributed by atoms with E-state index in [1.165, 1.54) is 0 Å². The van der Waals surface area contributed by atoms with E-state index in [9.17, 15) is 4.79 Å². The van der Waals surface area contributed by atoms with Crippen LogP contribution >= 0.6 is 0 Å². The highest BCUT2D eigenvalue weighted by atomic mass is 16.1. The molecular formula is C16H17N7O. The topological polar surface area (TPSA) is 106 Å². The number of aromatic nitrogens is 5.